The Morgan fingerprint density at radius 2 is 2.25 bits per heavy atom. The lowest BCUT2D eigenvalue weighted by Gasteiger charge is -2.12. The Hall–Kier alpha value is -1.39. The number of thiazole rings is 1. The Balaban J connectivity index is 2.09. The third-order valence-electron chi connectivity index (χ3n) is 2.24. The molecule has 16 heavy (non-hydrogen) atoms. The molecule has 0 aliphatic carbocycles. The highest BCUT2D eigenvalue weighted by molar-refractivity contribution is 7.09. The smallest absolute Gasteiger partial charge is 0.140 e. The highest BCUT2D eigenvalue weighted by atomic mass is 32.1. The normalized spacial score (nSPS) is 12.4. The zero-order valence-corrected chi connectivity index (χ0v) is 9.91. The minimum absolute atomic E-state index is 0.0208. The molecule has 0 unspecified atom stereocenters. The fourth-order valence-electron chi connectivity index (χ4n) is 1.45. The Morgan fingerprint density at radius 1 is 1.44 bits per heavy atom. The van der Waals surface area contributed by atoms with Crippen LogP contribution in [0.5, 0.6) is 5.75 Å². The molecule has 2 aromatic rings. The Labute approximate surface area is 98.9 Å². The van der Waals surface area contributed by atoms with Gasteiger partial charge in [0.05, 0.1) is 0 Å². The first-order valence-corrected chi connectivity index (χ1v) is 6.01. The maximum Gasteiger partial charge on any atom is 0.140 e. The van der Waals surface area contributed by atoms with Gasteiger partial charge >= 0.3 is 0 Å². The van der Waals surface area contributed by atoms with Crippen molar-refractivity contribution in [1.82, 2.24) is 4.98 Å². The van der Waals surface area contributed by atoms with Gasteiger partial charge in [-0.3, -0.25) is 0 Å². The van der Waals surface area contributed by atoms with Crippen molar-refractivity contribution in [2.75, 3.05) is 0 Å². The van der Waals surface area contributed by atoms with Crippen molar-refractivity contribution in [3.63, 3.8) is 0 Å². The Bertz CT molecular complexity index is 440. The Morgan fingerprint density at radius 3 is 2.94 bits per heavy atom. The fourth-order valence-corrected chi connectivity index (χ4v) is 1.98. The Kier molecular flexibility index (Phi) is 3.54. The van der Waals surface area contributed by atoms with Gasteiger partial charge in [0, 0.05) is 23.2 Å². The molecular formula is C12H14N2OS. The van der Waals surface area contributed by atoms with E-state index in [0.717, 1.165) is 16.3 Å². The first kappa shape index (κ1) is 11.1. The van der Waals surface area contributed by atoms with Crippen LogP contribution in [0.1, 0.15) is 23.5 Å². The number of benzene rings is 1. The third kappa shape index (κ3) is 2.59. The summed E-state index contributed by atoms with van der Waals surface area (Å²) in [5.41, 5.74) is 6.90. The van der Waals surface area contributed by atoms with Crippen LogP contribution >= 0.6 is 11.3 Å². The monoisotopic (exact) mass is 234 g/mol. The van der Waals surface area contributed by atoms with Gasteiger partial charge in [-0.15, -0.1) is 11.3 Å². The fraction of sp³-hybridized carbons (Fsp3) is 0.250. The van der Waals surface area contributed by atoms with E-state index in [2.05, 4.69) is 4.98 Å². The molecule has 1 atom stereocenters. The van der Waals surface area contributed by atoms with Gasteiger partial charge in [0.15, 0.2) is 0 Å². The average Bonchev–Trinajstić information content (AvgIpc) is 2.79. The van der Waals surface area contributed by atoms with Crippen LogP contribution in [-0.4, -0.2) is 4.98 Å². The summed E-state index contributed by atoms with van der Waals surface area (Å²) >= 11 is 1.59. The van der Waals surface area contributed by atoms with Crippen molar-refractivity contribution in [3.05, 3.63) is 46.4 Å². The number of para-hydroxylation sites is 1. The number of nitrogens with two attached hydrogens (primary N) is 1. The molecule has 0 saturated carbocycles. The summed E-state index contributed by atoms with van der Waals surface area (Å²) in [5.74, 6) is 0.840. The summed E-state index contributed by atoms with van der Waals surface area (Å²) in [4.78, 5) is 4.17. The number of nitrogens with zero attached hydrogens (tertiary/aromatic N) is 1. The summed E-state index contributed by atoms with van der Waals surface area (Å²) in [6.45, 7) is 2.45. The third-order valence-corrected chi connectivity index (χ3v) is 3.00. The first-order chi connectivity index (χ1) is 7.77. The molecule has 3 nitrogen and oxygen atoms in total. The van der Waals surface area contributed by atoms with Crippen LogP contribution in [-0.2, 0) is 6.61 Å². The van der Waals surface area contributed by atoms with Gasteiger partial charge in [-0.1, -0.05) is 18.2 Å². The molecule has 84 valence electrons. The molecular weight excluding hydrogens is 220 g/mol. The highest BCUT2D eigenvalue weighted by Crippen LogP contribution is 2.24. The number of hydrogen-bond donors (Lipinski definition) is 1. The second-order valence-corrected chi connectivity index (χ2v) is 4.52. The van der Waals surface area contributed by atoms with Crippen LogP contribution in [0, 0.1) is 0 Å². The molecule has 0 amide bonds. The van der Waals surface area contributed by atoms with E-state index in [1.54, 1.807) is 17.5 Å². The quantitative estimate of drug-likeness (QED) is 0.884. The summed E-state index contributed by atoms with van der Waals surface area (Å²) in [6.07, 6.45) is 1.78. The molecule has 2 rings (SSSR count). The van der Waals surface area contributed by atoms with E-state index in [0.29, 0.717) is 6.61 Å². The first-order valence-electron chi connectivity index (χ1n) is 5.13. The SMILES string of the molecule is C[C@@H](N)c1ccccc1OCc1nccs1. The van der Waals surface area contributed by atoms with E-state index < -0.39 is 0 Å². The van der Waals surface area contributed by atoms with Crippen LogP contribution in [0.4, 0.5) is 0 Å². The molecule has 0 aliphatic rings. The van der Waals surface area contributed by atoms with Gasteiger partial charge in [0.1, 0.15) is 17.4 Å². The van der Waals surface area contributed by atoms with Gasteiger partial charge in [-0.05, 0) is 13.0 Å². The van der Waals surface area contributed by atoms with Crippen LogP contribution in [0.2, 0.25) is 0 Å². The van der Waals surface area contributed by atoms with Gasteiger partial charge in [0.25, 0.3) is 0 Å². The van der Waals surface area contributed by atoms with Crippen LogP contribution in [0.3, 0.4) is 0 Å². The number of aromatic nitrogens is 1. The van der Waals surface area contributed by atoms with Crippen molar-refractivity contribution < 1.29 is 4.74 Å². The minimum atomic E-state index is -0.0208. The summed E-state index contributed by atoms with van der Waals surface area (Å²) in [6, 6.07) is 7.82. The molecule has 0 bridgehead atoms. The van der Waals surface area contributed by atoms with E-state index in [9.17, 15) is 0 Å². The van der Waals surface area contributed by atoms with Gasteiger partial charge < -0.3 is 10.5 Å². The summed E-state index contributed by atoms with van der Waals surface area (Å²) in [7, 11) is 0. The van der Waals surface area contributed by atoms with Crippen LogP contribution < -0.4 is 10.5 Å². The van der Waals surface area contributed by atoms with Crippen molar-refractivity contribution in [2.45, 2.75) is 19.6 Å². The largest absolute Gasteiger partial charge is 0.486 e. The maximum absolute atomic E-state index is 5.87. The lowest BCUT2D eigenvalue weighted by Crippen LogP contribution is -2.07. The molecule has 0 aliphatic heterocycles. The zero-order valence-electron chi connectivity index (χ0n) is 9.09. The molecule has 4 heteroatoms. The van der Waals surface area contributed by atoms with Crippen LogP contribution in [0.25, 0.3) is 0 Å². The van der Waals surface area contributed by atoms with E-state index in [1.165, 1.54) is 0 Å². The topological polar surface area (TPSA) is 48.1 Å². The average molecular weight is 234 g/mol. The minimum Gasteiger partial charge on any atom is -0.486 e. The molecule has 0 spiro atoms. The van der Waals surface area contributed by atoms with Crippen molar-refractivity contribution in [2.24, 2.45) is 5.73 Å². The van der Waals surface area contributed by atoms with E-state index >= 15 is 0 Å². The van der Waals surface area contributed by atoms with Gasteiger partial charge in [-0.25, -0.2) is 4.98 Å². The van der Waals surface area contributed by atoms with Crippen LogP contribution in [0.15, 0.2) is 35.8 Å². The summed E-state index contributed by atoms with van der Waals surface area (Å²) < 4.78 is 5.71. The molecule has 0 saturated heterocycles. The molecule has 1 aromatic carbocycles. The number of rotatable bonds is 4. The molecule has 2 N–H and O–H groups in total. The highest BCUT2D eigenvalue weighted by Gasteiger charge is 2.07. The zero-order chi connectivity index (χ0) is 11.4. The van der Waals surface area contributed by atoms with Crippen molar-refractivity contribution >= 4 is 11.3 Å². The summed E-state index contributed by atoms with van der Waals surface area (Å²) in [5, 5.41) is 2.91. The second-order valence-electron chi connectivity index (χ2n) is 3.54. The van der Waals surface area contributed by atoms with Gasteiger partial charge in [0.2, 0.25) is 0 Å². The lowest BCUT2D eigenvalue weighted by atomic mass is 10.1. The second kappa shape index (κ2) is 5.09. The molecule has 0 fully saturated rings. The van der Waals surface area contributed by atoms with Gasteiger partial charge in [-0.2, -0.15) is 0 Å². The van der Waals surface area contributed by atoms with E-state index in [1.807, 2.05) is 36.6 Å². The lowest BCUT2D eigenvalue weighted by molar-refractivity contribution is 0.301. The van der Waals surface area contributed by atoms with E-state index in [-0.39, 0.29) is 6.04 Å². The number of ether oxygens (including phenoxy) is 1. The predicted octanol–water partition coefficient (Wildman–Crippen LogP) is 2.74. The standard InChI is InChI=1S/C12H14N2OS/c1-9(13)10-4-2-3-5-11(10)15-8-12-14-6-7-16-12/h2-7,9H,8,13H2,1H3/t9-/m1/s1. The molecule has 1 aromatic heterocycles. The van der Waals surface area contributed by atoms with Crippen molar-refractivity contribution in [1.29, 1.82) is 0 Å². The van der Waals surface area contributed by atoms with Crippen molar-refractivity contribution in [3.8, 4) is 5.75 Å². The molecule has 1 heterocycles. The predicted molar refractivity (Wildman–Crippen MR) is 65.5 cm³/mol. The van der Waals surface area contributed by atoms with E-state index in [4.69, 9.17) is 10.5 Å². The number of hydrogen-bond acceptors (Lipinski definition) is 4. The maximum atomic E-state index is 5.87. The molecule has 0 radical (unpaired) electrons.